The summed E-state index contributed by atoms with van der Waals surface area (Å²) < 4.78 is 33.0. The van der Waals surface area contributed by atoms with Crippen molar-refractivity contribution >= 4 is 10.1 Å². The molecule has 0 heterocycles. The summed E-state index contributed by atoms with van der Waals surface area (Å²) in [6.45, 7) is 3.92. The minimum atomic E-state index is -4.37. The van der Waals surface area contributed by atoms with Crippen LogP contribution in [0.2, 0.25) is 0 Å². The average Bonchev–Trinajstić information content (AvgIpc) is 2.16. The number of hydrogen-bond acceptors (Lipinski definition) is 4. The second-order valence-electron chi connectivity index (χ2n) is 4.24. The van der Waals surface area contributed by atoms with Crippen LogP contribution in [-0.4, -0.2) is 29.4 Å². The standard InChI is InChI=1S/C11H24O4S.K/c1-3-5-6-7-9-11(16(13,14)15)10(12)8-4-2;/h10-12H,3-9H2,1-2H3,(H,13,14,15);/q;+1/p-1. The van der Waals surface area contributed by atoms with E-state index in [1.807, 2.05) is 6.92 Å². The van der Waals surface area contributed by atoms with Gasteiger partial charge in [0.15, 0.2) is 0 Å². The number of aliphatic hydroxyl groups excluding tert-OH is 1. The first-order valence-electron chi connectivity index (χ1n) is 6.06. The van der Waals surface area contributed by atoms with E-state index >= 15 is 0 Å². The van der Waals surface area contributed by atoms with Crippen LogP contribution in [0.4, 0.5) is 0 Å². The van der Waals surface area contributed by atoms with Gasteiger partial charge in [-0.25, -0.2) is 8.42 Å². The zero-order valence-electron chi connectivity index (χ0n) is 11.2. The van der Waals surface area contributed by atoms with E-state index in [4.69, 9.17) is 0 Å². The Labute approximate surface area is 148 Å². The molecule has 17 heavy (non-hydrogen) atoms. The number of hydrogen-bond donors (Lipinski definition) is 1. The minimum Gasteiger partial charge on any atom is -0.748 e. The maximum atomic E-state index is 11.0. The van der Waals surface area contributed by atoms with E-state index in [0.29, 0.717) is 19.3 Å². The van der Waals surface area contributed by atoms with Crippen molar-refractivity contribution < 1.29 is 69.5 Å². The zero-order valence-corrected chi connectivity index (χ0v) is 15.1. The predicted molar refractivity (Wildman–Crippen MR) is 63.2 cm³/mol. The Morgan fingerprint density at radius 3 is 2.06 bits per heavy atom. The molecule has 2 atom stereocenters. The molecule has 6 heteroatoms. The van der Waals surface area contributed by atoms with Crippen LogP contribution < -0.4 is 51.4 Å². The molecule has 0 aliphatic rings. The smallest absolute Gasteiger partial charge is 0.748 e. The van der Waals surface area contributed by atoms with E-state index in [2.05, 4.69) is 6.92 Å². The summed E-state index contributed by atoms with van der Waals surface area (Å²) in [7, 11) is -4.37. The molecule has 0 saturated heterocycles. The molecule has 0 aliphatic heterocycles. The van der Waals surface area contributed by atoms with Crippen molar-refractivity contribution in [3.8, 4) is 0 Å². The van der Waals surface area contributed by atoms with E-state index < -0.39 is 21.5 Å². The van der Waals surface area contributed by atoms with Gasteiger partial charge in [0, 0.05) is 0 Å². The van der Waals surface area contributed by atoms with Gasteiger partial charge in [0.1, 0.15) is 10.1 Å². The van der Waals surface area contributed by atoms with Crippen LogP contribution in [0.3, 0.4) is 0 Å². The van der Waals surface area contributed by atoms with Gasteiger partial charge in [0.2, 0.25) is 0 Å². The Morgan fingerprint density at radius 1 is 1.06 bits per heavy atom. The number of rotatable bonds is 9. The second-order valence-corrected chi connectivity index (χ2v) is 5.83. The van der Waals surface area contributed by atoms with Crippen molar-refractivity contribution in [2.24, 2.45) is 0 Å². The summed E-state index contributed by atoms with van der Waals surface area (Å²) in [5.41, 5.74) is 0. The summed E-state index contributed by atoms with van der Waals surface area (Å²) in [5.74, 6) is 0. The van der Waals surface area contributed by atoms with Crippen molar-refractivity contribution in [1.29, 1.82) is 0 Å². The molecule has 98 valence electrons. The first kappa shape index (κ1) is 20.8. The fraction of sp³-hybridized carbons (Fsp3) is 1.00. The van der Waals surface area contributed by atoms with Gasteiger partial charge in [-0.2, -0.15) is 0 Å². The third-order valence-electron chi connectivity index (χ3n) is 2.73. The molecule has 0 aromatic rings. The van der Waals surface area contributed by atoms with Crippen molar-refractivity contribution in [2.45, 2.75) is 70.1 Å². The van der Waals surface area contributed by atoms with Gasteiger partial charge in [0.25, 0.3) is 0 Å². The Bertz CT molecular complexity index is 267. The third kappa shape index (κ3) is 10.0. The predicted octanol–water partition coefficient (Wildman–Crippen LogP) is -0.964. The van der Waals surface area contributed by atoms with E-state index in [9.17, 15) is 18.1 Å². The first-order valence-corrected chi connectivity index (χ1v) is 7.53. The molecular formula is C11H23KO4S. The van der Waals surface area contributed by atoms with Crippen molar-refractivity contribution in [2.75, 3.05) is 0 Å². The first-order chi connectivity index (χ1) is 7.43. The topological polar surface area (TPSA) is 77.4 Å². The summed E-state index contributed by atoms with van der Waals surface area (Å²) in [6.07, 6.45) is 4.05. The number of aliphatic hydroxyl groups is 1. The maximum absolute atomic E-state index is 11.0. The molecule has 0 radical (unpaired) electrons. The van der Waals surface area contributed by atoms with Crippen LogP contribution in [0.25, 0.3) is 0 Å². The summed E-state index contributed by atoms with van der Waals surface area (Å²) in [6, 6.07) is 0. The van der Waals surface area contributed by atoms with Gasteiger partial charge in [0.05, 0.1) is 11.4 Å². The Morgan fingerprint density at radius 2 is 1.65 bits per heavy atom. The molecule has 0 amide bonds. The molecule has 0 aliphatic carbocycles. The van der Waals surface area contributed by atoms with Crippen molar-refractivity contribution in [3.05, 3.63) is 0 Å². The summed E-state index contributed by atoms with van der Waals surface area (Å²) in [4.78, 5) is 0. The van der Waals surface area contributed by atoms with E-state index in [1.54, 1.807) is 0 Å². The molecule has 1 N–H and O–H groups in total. The average molecular weight is 290 g/mol. The zero-order chi connectivity index (χ0) is 12.6. The van der Waals surface area contributed by atoms with E-state index in [1.165, 1.54) is 0 Å². The van der Waals surface area contributed by atoms with Gasteiger partial charge in [-0.1, -0.05) is 46.0 Å². The monoisotopic (exact) mass is 290 g/mol. The Hall–Kier alpha value is 1.51. The molecule has 0 saturated carbocycles. The van der Waals surface area contributed by atoms with Crippen LogP contribution in [0.5, 0.6) is 0 Å². The minimum absolute atomic E-state index is 0. The quantitative estimate of drug-likeness (QED) is 0.337. The Balaban J connectivity index is 0. The van der Waals surface area contributed by atoms with E-state index in [0.717, 1.165) is 19.3 Å². The molecule has 0 fully saturated rings. The maximum Gasteiger partial charge on any atom is 1.00 e. The van der Waals surface area contributed by atoms with Crippen LogP contribution >= 0.6 is 0 Å². The fourth-order valence-corrected chi connectivity index (χ4v) is 2.76. The van der Waals surface area contributed by atoms with Crippen LogP contribution in [0, 0.1) is 0 Å². The molecule has 0 rings (SSSR count). The normalized spacial score (nSPS) is 15.1. The van der Waals surface area contributed by atoms with Gasteiger partial charge in [-0.05, 0) is 12.8 Å². The molecule has 0 aromatic heterocycles. The molecular weight excluding hydrogens is 267 g/mol. The van der Waals surface area contributed by atoms with Crippen LogP contribution in [-0.2, 0) is 10.1 Å². The molecule has 4 nitrogen and oxygen atoms in total. The molecule has 0 aromatic carbocycles. The SMILES string of the molecule is CCCCCCC(C(O)CCC)S(=O)(=O)[O-].[K+]. The molecule has 0 bridgehead atoms. The molecule has 0 spiro atoms. The van der Waals surface area contributed by atoms with Gasteiger partial charge >= 0.3 is 51.4 Å². The van der Waals surface area contributed by atoms with Crippen LogP contribution in [0.1, 0.15) is 58.8 Å². The summed E-state index contributed by atoms with van der Waals surface area (Å²) >= 11 is 0. The third-order valence-corrected chi connectivity index (χ3v) is 4.02. The second kappa shape index (κ2) is 11.3. The fourth-order valence-electron chi connectivity index (χ4n) is 1.78. The van der Waals surface area contributed by atoms with Crippen LogP contribution in [0.15, 0.2) is 0 Å². The summed E-state index contributed by atoms with van der Waals surface area (Å²) in [5, 5.41) is 8.50. The number of unbranched alkanes of at least 4 members (excludes halogenated alkanes) is 3. The van der Waals surface area contributed by atoms with Crippen molar-refractivity contribution in [1.82, 2.24) is 0 Å². The largest absolute Gasteiger partial charge is 1.00 e. The van der Waals surface area contributed by atoms with Gasteiger partial charge in [-0.3, -0.25) is 0 Å². The van der Waals surface area contributed by atoms with E-state index in [-0.39, 0.29) is 57.8 Å². The van der Waals surface area contributed by atoms with Gasteiger partial charge < -0.3 is 9.66 Å². The molecule has 2 unspecified atom stereocenters. The van der Waals surface area contributed by atoms with Crippen molar-refractivity contribution in [3.63, 3.8) is 0 Å². The Kier molecular flexibility index (Phi) is 13.9. The van der Waals surface area contributed by atoms with Gasteiger partial charge in [-0.15, -0.1) is 0 Å².